The van der Waals surface area contributed by atoms with Crippen LogP contribution in [0.25, 0.3) is 22.2 Å². The maximum absolute atomic E-state index is 12.8. The standard InChI is InChI=1S/C13H8ClFN2/c14-9-3-6-11-12(7-9)16-17-13(11)8-1-4-10(15)5-2-8/h1-7H,(H,16,17). The number of aromatic amines is 1. The highest BCUT2D eigenvalue weighted by atomic mass is 35.5. The molecule has 1 aromatic heterocycles. The van der Waals surface area contributed by atoms with E-state index >= 15 is 0 Å². The number of fused-ring (bicyclic) bond motifs is 1. The fourth-order valence-corrected chi connectivity index (χ4v) is 1.99. The highest BCUT2D eigenvalue weighted by Crippen LogP contribution is 2.27. The molecule has 0 saturated heterocycles. The van der Waals surface area contributed by atoms with Crippen molar-refractivity contribution in [2.45, 2.75) is 0 Å². The minimum absolute atomic E-state index is 0.253. The van der Waals surface area contributed by atoms with Crippen LogP contribution in [0.15, 0.2) is 42.5 Å². The maximum atomic E-state index is 12.8. The minimum Gasteiger partial charge on any atom is -0.277 e. The zero-order valence-electron chi connectivity index (χ0n) is 8.74. The highest BCUT2D eigenvalue weighted by molar-refractivity contribution is 6.31. The summed E-state index contributed by atoms with van der Waals surface area (Å²) >= 11 is 5.90. The van der Waals surface area contributed by atoms with Crippen LogP contribution < -0.4 is 0 Å². The van der Waals surface area contributed by atoms with Gasteiger partial charge in [-0.2, -0.15) is 5.10 Å². The monoisotopic (exact) mass is 246 g/mol. The predicted octanol–water partition coefficient (Wildman–Crippen LogP) is 4.02. The van der Waals surface area contributed by atoms with E-state index in [2.05, 4.69) is 10.2 Å². The van der Waals surface area contributed by atoms with E-state index in [0.717, 1.165) is 22.2 Å². The maximum Gasteiger partial charge on any atom is 0.123 e. The number of H-pyrrole nitrogens is 1. The van der Waals surface area contributed by atoms with Crippen LogP contribution in [0.1, 0.15) is 0 Å². The normalized spacial score (nSPS) is 10.9. The molecule has 0 radical (unpaired) electrons. The van der Waals surface area contributed by atoms with Crippen molar-refractivity contribution in [1.29, 1.82) is 0 Å². The van der Waals surface area contributed by atoms with E-state index in [-0.39, 0.29) is 5.82 Å². The third kappa shape index (κ3) is 1.78. The summed E-state index contributed by atoms with van der Waals surface area (Å²) in [5, 5.41) is 8.78. The molecule has 0 spiro atoms. The van der Waals surface area contributed by atoms with Crippen molar-refractivity contribution in [1.82, 2.24) is 10.2 Å². The first-order valence-electron chi connectivity index (χ1n) is 5.13. The van der Waals surface area contributed by atoms with Crippen molar-refractivity contribution >= 4 is 22.5 Å². The molecule has 0 aliphatic rings. The Morgan fingerprint density at radius 2 is 1.82 bits per heavy atom. The van der Waals surface area contributed by atoms with Gasteiger partial charge in [0, 0.05) is 16.0 Å². The fraction of sp³-hybridized carbons (Fsp3) is 0. The van der Waals surface area contributed by atoms with Gasteiger partial charge in [0.25, 0.3) is 0 Å². The van der Waals surface area contributed by atoms with Gasteiger partial charge in [0.1, 0.15) is 5.82 Å². The smallest absolute Gasteiger partial charge is 0.123 e. The molecule has 3 aromatic rings. The summed E-state index contributed by atoms with van der Waals surface area (Å²) in [4.78, 5) is 0. The molecule has 1 heterocycles. The van der Waals surface area contributed by atoms with Crippen LogP contribution in [0.2, 0.25) is 5.02 Å². The number of aromatic nitrogens is 2. The van der Waals surface area contributed by atoms with E-state index in [1.165, 1.54) is 12.1 Å². The molecule has 84 valence electrons. The van der Waals surface area contributed by atoms with E-state index in [9.17, 15) is 4.39 Å². The van der Waals surface area contributed by atoms with Crippen LogP contribution in [0, 0.1) is 5.82 Å². The molecule has 0 atom stereocenters. The Kier molecular flexibility index (Phi) is 2.34. The van der Waals surface area contributed by atoms with Gasteiger partial charge in [-0.15, -0.1) is 0 Å². The first-order valence-corrected chi connectivity index (χ1v) is 5.51. The van der Waals surface area contributed by atoms with E-state index in [4.69, 9.17) is 11.6 Å². The number of hydrogen-bond donors (Lipinski definition) is 1. The number of benzene rings is 2. The highest BCUT2D eigenvalue weighted by Gasteiger charge is 2.08. The van der Waals surface area contributed by atoms with Crippen LogP contribution in [-0.4, -0.2) is 10.2 Å². The Hall–Kier alpha value is -1.87. The largest absolute Gasteiger partial charge is 0.277 e. The molecule has 17 heavy (non-hydrogen) atoms. The first-order chi connectivity index (χ1) is 8.24. The van der Waals surface area contributed by atoms with Crippen molar-refractivity contribution < 1.29 is 4.39 Å². The van der Waals surface area contributed by atoms with Gasteiger partial charge in [-0.1, -0.05) is 11.6 Å². The lowest BCUT2D eigenvalue weighted by Crippen LogP contribution is -1.79. The molecular weight excluding hydrogens is 239 g/mol. The van der Waals surface area contributed by atoms with E-state index < -0.39 is 0 Å². The Morgan fingerprint density at radius 1 is 1.06 bits per heavy atom. The van der Waals surface area contributed by atoms with Gasteiger partial charge < -0.3 is 0 Å². The number of nitrogens with zero attached hydrogens (tertiary/aromatic N) is 1. The topological polar surface area (TPSA) is 28.7 Å². The average Bonchev–Trinajstić information content (AvgIpc) is 2.73. The van der Waals surface area contributed by atoms with E-state index in [0.29, 0.717) is 5.02 Å². The van der Waals surface area contributed by atoms with Crippen LogP contribution in [0.4, 0.5) is 4.39 Å². The second kappa shape index (κ2) is 3.86. The Balaban J connectivity index is 2.21. The van der Waals surface area contributed by atoms with E-state index in [1.807, 2.05) is 18.2 Å². The second-order valence-electron chi connectivity index (χ2n) is 3.77. The Bertz CT molecular complexity index is 673. The zero-order chi connectivity index (χ0) is 11.8. The first kappa shape index (κ1) is 10.3. The van der Waals surface area contributed by atoms with E-state index in [1.54, 1.807) is 12.1 Å². The summed E-state index contributed by atoms with van der Waals surface area (Å²) < 4.78 is 12.8. The van der Waals surface area contributed by atoms with Gasteiger partial charge in [-0.25, -0.2) is 4.39 Å². The third-order valence-corrected chi connectivity index (χ3v) is 2.88. The fourth-order valence-electron chi connectivity index (χ4n) is 1.82. The molecule has 2 aromatic carbocycles. The van der Waals surface area contributed by atoms with Gasteiger partial charge in [-0.05, 0) is 42.5 Å². The molecule has 0 unspecified atom stereocenters. The van der Waals surface area contributed by atoms with Gasteiger partial charge in [-0.3, -0.25) is 5.10 Å². The molecule has 4 heteroatoms. The van der Waals surface area contributed by atoms with Crippen LogP contribution in [-0.2, 0) is 0 Å². The van der Waals surface area contributed by atoms with Crippen molar-refractivity contribution in [3.63, 3.8) is 0 Å². The molecule has 0 bridgehead atoms. The quantitative estimate of drug-likeness (QED) is 0.690. The van der Waals surface area contributed by atoms with Crippen molar-refractivity contribution in [3.05, 3.63) is 53.3 Å². The molecule has 2 nitrogen and oxygen atoms in total. The minimum atomic E-state index is -0.253. The number of halogens is 2. The molecule has 0 aliphatic heterocycles. The summed E-state index contributed by atoms with van der Waals surface area (Å²) in [5.41, 5.74) is 2.55. The molecule has 0 amide bonds. The van der Waals surface area contributed by atoms with Crippen molar-refractivity contribution in [2.75, 3.05) is 0 Å². The summed E-state index contributed by atoms with van der Waals surface area (Å²) in [6, 6.07) is 11.8. The lowest BCUT2D eigenvalue weighted by atomic mass is 10.1. The molecule has 3 rings (SSSR count). The molecule has 1 N–H and O–H groups in total. The summed E-state index contributed by atoms with van der Waals surface area (Å²) in [5.74, 6) is -0.253. The van der Waals surface area contributed by atoms with Gasteiger partial charge >= 0.3 is 0 Å². The van der Waals surface area contributed by atoms with Crippen molar-refractivity contribution in [2.24, 2.45) is 0 Å². The lowest BCUT2D eigenvalue weighted by molar-refractivity contribution is 0.628. The van der Waals surface area contributed by atoms with Crippen LogP contribution in [0.5, 0.6) is 0 Å². The van der Waals surface area contributed by atoms with Gasteiger partial charge in [0.15, 0.2) is 0 Å². The van der Waals surface area contributed by atoms with Gasteiger partial charge in [0.2, 0.25) is 0 Å². The van der Waals surface area contributed by atoms with Gasteiger partial charge in [0.05, 0.1) is 11.2 Å². The lowest BCUT2D eigenvalue weighted by Gasteiger charge is -1.97. The summed E-state index contributed by atoms with van der Waals surface area (Å²) in [6.45, 7) is 0. The summed E-state index contributed by atoms with van der Waals surface area (Å²) in [7, 11) is 0. The molecule has 0 aliphatic carbocycles. The zero-order valence-corrected chi connectivity index (χ0v) is 9.50. The molecule has 0 saturated carbocycles. The SMILES string of the molecule is Fc1ccc(-c2n[nH]c3cc(Cl)ccc23)cc1. The Morgan fingerprint density at radius 3 is 2.59 bits per heavy atom. The third-order valence-electron chi connectivity index (χ3n) is 2.64. The molecular formula is C13H8ClFN2. The predicted molar refractivity (Wildman–Crippen MR) is 66.5 cm³/mol. The number of nitrogens with one attached hydrogen (secondary N) is 1. The average molecular weight is 247 g/mol. The van der Waals surface area contributed by atoms with Crippen LogP contribution in [0.3, 0.4) is 0 Å². The summed E-state index contributed by atoms with van der Waals surface area (Å²) in [6.07, 6.45) is 0. The van der Waals surface area contributed by atoms with Crippen LogP contribution >= 0.6 is 11.6 Å². The number of rotatable bonds is 1. The molecule has 0 fully saturated rings. The van der Waals surface area contributed by atoms with Crippen molar-refractivity contribution in [3.8, 4) is 11.3 Å². The number of hydrogen-bond acceptors (Lipinski definition) is 1. The second-order valence-corrected chi connectivity index (χ2v) is 4.21. The Labute approximate surface area is 102 Å².